The fourth-order valence-corrected chi connectivity index (χ4v) is 3.16. The Morgan fingerprint density at radius 1 is 1.04 bits per heavy atom. The third-order valence-electron chi connectivity index (χ3n) is 4.54. The second kappa shape index (κ2) is 7.28. The van der Waals surface area contributed by atoms with Crippen LogP contribution in [0.2, 0.25) is 0 Å². The minimum Gasteiger partial charge on any atom is -0.0915 e. The van der Waals surface area contributed by atoms with Crippen LogP contribution in [0.4, 0.5) is 0 Å². The highest BCUT2D eigenvalue weighted by Crippen LogP contribution is 2.30. The summed E-state index contributed by atoms with van der Waals surface area (Å²) in [6.45, 7) is 6.53. The molecule has 0 saturated heterocycles. The highest BCUT2D eigenvalue weighted by atomic mass is 14.1. The van der Waals surface area contributed by atoms with E-state index in [0.29, 0.717) is 0 Å². The van der Waals surface area contributed by atoms with Crippen molar-refractivity contribution in [2.24, 2.45) is 0 Å². The smallest absolute Gasteiger partial charge is 0.0187 e. The van der Waals surface area contributed by atoms with Gasteiger partial charge in [-0.25, -0.2) is 0 Å². The van der Waals surface area contributed by atoms with E-state index in [9.17, 15) is 0 Å². The summed E-state index contributed by atoms with van der Waals surface area (Å²) in [6.07, 6.45) is 18.0. The summed E-state index contributed by atoms with van der Waals surface area (Å²) in [5.41, 5.74) is 7.90. The molecular formula is C23H24. The van der Waals surface area contributed by atoms with Crippen molar-refractivity contribution in [3.8, 4) is 0 Å². The van der Waals surface area contributed by atoms with Gasteiger partial charge >= 0.3 is 0 Å². The summed E-state index contributed by atoms with van der Waals surface area (Å²) < 4.78 is 0. The van der Waals surface area contributed by atoms with E-state index in [1.54, 1.807) is 0 Å². The molecule has 0 heterocycles. The van der Waals surface area contributed by atoms with E-state index in [4.69, 9.17) is 0 Å². The summed E-state index contributed by atoms with van der Waals surface area (Å²) >= 11 is 0. The molecule has 0 saturated carbocycles. The quantitative estimate of drug-likeness (QED) is 0.552. The van der Waals surface area contributed by atoms with Crippen LogP contribution in [0.1, 0.15) is 38.2 Å². The minimum absolute atomic E-state index is 1.08. The van der Waals surface area contributed by atoms with Gasteiger partial charge in [0.1, 0.15) is 0 Å². The first-order valence-corrected chi connectivity index (χ1v) is 8.44. The highest BCUT2D eigenvalue weighted by molar-refractivity contribution is 5.77. The predicted octanol–water partition coefficient (Wildman–Crippen LogP) is 6.57. The summed E-state index contributed by atoms with van der Waals surface area (Å²) in [5, 5.41) is 0. The van der Waals surface area contributed by atoms with Crippen molar-refractivity contribution in [2.45, 2.75) is 32.6 Å². The molecule has 0 fully saturated rings. The van der Waals surface area contributed by atoms with Crippen LogP contribution in [0.5, 0.6) is 0 Å². The summed E-state index contributed by atoms with van der Waals surface area (Å²) in [6, 6.07) is 10.6. The second-order valence-corrected chi connectivity index (χ2v) is 6.25. The molecule has 23 heavy (non-hydrogen) atoms. The third-order valence-corrected chi connectivity index (χ3v) is 4.54. The summed E-state index contributed by atoms with van der Waals surface area (Å²) in [4.78, 5) is 0. The van der Waals surface area contributed by atoms with E-state index >= 15 is 0 Å². The van der Waals surface area contributed by atoms with E-state index in [2.05, 4.69) is 80.3 Å². The molecule has 2 aliphatic carbocycles. The van der Waals surface area contributed by atoms with Crippen LogP contribution in [0.3, 0.4) is 0 Å². The average molecular weight is 300 g/mol. The Kier molecular flexibility index (Phi) is 4.92. The van der Waals surface area contributed by atoms with Gasteiger partial charge in [-0.3, -0.25) is 0 Å². The van der Waals surface area contributed by atoms with Crippen LogP contribution in [-0.2, 0) is 0 Å². The van der Waals surface area contributed by atoms with Crippen LogP contribution in [0.15, 0.2) is 95.7 Å². The van der Waals surface area contributed by atoms with Gasteiger partial charge in [0.25, 0.3) is 0 Å². The molecule has 0 radical (unpaired) electrons. The largest absolute Gasteiger partial charge is 0.0915 e. The van der Waals surface area contributed by atoms with E-state index < -0.39 is 0 Å². The van der Waals surface area contributed by atoms with Crippen LogP contribution in [0, 0.1) is 0 Å². The zero-order chi connectivity index (χ0) is 16.1. The molecule has 3 rings (SSSR count). The molecule has 0 spiro atoms. The fraction of sp³-hybridized carbons (Fsp3) is 0.217. The SMILES string of the molecule is C=C(/C=C(\C)C1=CC=CCC1)C1=CC(c2ccccc2)=CCC1. The second-order valence-electron chi connectivity index (χ2n) is 6.25. The van der Waals surface area contributed by atoms with Gasteiger partial charge in [0.05, 0.1) is 0 Å². The van der Waals surface area contributed by atoms with Crippen molar-refractivity contribution in [1.82, 2.24) is 0 Å². The van der Waals surface area contributed by atoms with Gasteiger partial charge in [-0.2, -0.15) is 0 Å². The van der Waals surface area contributed by atoms with Gasteiger partial charge in [0.2, 0.25) is 0 Å². The standard InChI is InChI=1S/C23H24/c1-18(20-10-5-3-6-11-20)16-19(2)22-14-9-15-23(17-22)21-12-7-4-8-13-21/h3-5,7-8,10,12-13,15-17H,2,6,9,11,14H2,1H3/b18-16+. The first-order chi connectivity index (χ1) is 11.2. The van der Waals surface area contributed by atoms with Gasteiger partial charge < -0.3 is 0 Å². The molecule has 0 N–H and O–H groups in total. The van der Waals surface area contributed by atoms with Crippen LogP contribution in [0.25, 0.3) is 5.57 Å². The predicted molar refractivity (Wildman–Crippen MR) is 101 cm³/mol. The van der Waals surface area contributed by atoms with Crippen molar-refractivity contribution in [1.29, 1.82) is 0 Å². The average Bonchev–Trinajstić information content (AvgIpc) is 2.63. The van der Waals surface area contributed by atoms with E-state index in [1.807, 2.05) is 0 Å². The molecule has 2 aliphatic rings. The molecule has 0 aliphatic heterocycles. The molecule has 1 aromatic carbocycles. The number of allylic oxidation sites excluding steroid dienone is 11. The lowest BCUT2D eigenvalue weighted by Crippen LogP contribution is -1.96. The number of hydrogen-bond acceptors (Lipinski definition) is 0. The maximum atomic E-state index is 4.32. The normalized spacial score (nSPS) is 18.1. The molecule has 116 valence electrons. The minimum atomic E-state index is 1.08. The van der Waals surface area contributed by atoms with Crippen LogP contribution in [-0.4, -0.2) is 0 Å². The van der Waals surface area contributed by atoms with Gasteiger partial charge in [-0.1, -0.05) is 73.4 Å². The third kappa shape index (κ3) is 3.90. The topological polar surface area (TPSA) is 0 Å². The van der Waals surface area contributed by atoms with Crippen molar-refractivity contribution in [3.05, 3.63) is 101 Å². The van der Waals surface area contributed by atoms with Gasteiger partial charge in [0, 0.05) is 0 Å². The Hall–Kier alpha value is -2.34. The molecule has 0 amide bonds. The summed E-state index contributed by atoms with van der Waals surface area (Å²) in [7, 11) is 0. The van der Waals surface area contributed by atoms with E-state index in [-0.39, 0.29) is 0 Å². The molecule has 1 aromatic rings. The van der Waals surface area contributed by atoms with Gasteiger partial charge in [0.15, 0.2) is 0 Å². The molecule has 0 atom stereocenters. The first kappa shape index (κ1) is 15.6. The van der Waals surface area contributed by atoms with Crippen molar-refractivity contribution < 1.29 is 0 Å². The number of benzene rings is 1. The molecule has 0 heteroatoms. The van der Waals surface area contributed by atoms with Gasteiger partial charge in [-0.05, 0) is 66.0 Å². The number of rotatable bonds is 4. The lowest BCUT2D eigenvalue weighted by atomic mass is 9.89. The zero-order valence-corrected chi connectivity index (χ0v) is 13.9. The highest BCUT2D eigenvalue weighted by Gasteiger charge is 2.10. The Labute approximate surface area is 139 Å². The number of hydrogen-bond donors (Lipinski definition) is 0. The van der Waals surface area contributed by atoms with Crippen LogP contribution >= 0.6 is 0 Å². The lowest BCUT2D eigenvalue weighted by molar-refractivity contribution is 0.962. The van der Waals surface area contributed by atoms with Crippen molar-refractivity contribution in [3.63, 3.8) is 0 Å². The van der Waals surface area contributed by atoms with Crippen molar-refractivity contribution >= 4 is 5.57 Å². The maximum absolute atomic E-state index is 4.32. The van der Waals surface area contributed by atoms with E-state index in [0.717, 1.165) is 31.3 Å². The molecular weight excluding hydrogens is 276 g/mol. The first-order valence-electron chi connectivity index (χ1n) is 8.44. The molecule has 0 bridgehead atoms. The maximum Gasteiger partial charge on any atom is -0.0187 e. The Balaban J connectivity index is 1.79. The monoisotopic (exact) mass is 300 g/mol. The van der Waals surface area contributed by atoms with Crippen LogP contribution < -0.4 is 0 Å². The molecule has 0 unspecified atom stereocenters. The van der Waals surface area contributed by atoms with Crippen molar-refractivity contribution in [2.75, 3.05) is 0 Å². The fourth-order valence-electron chi connectivity index (χ4n) is 3.16. The molecule has 0 aromatic heterocycles. The van der Waals surface area contributed by atoms with Gasteiger partial charge in [-0.15, -0.1) is 0 Å². The summed E-state index contributed by atoms with van der Waals surface area (Å²) in [5.74, 6) is 0. The Morgan fingerprint density at radius 2 is 1.83 bits per heavy atom. The Morgan fingerprint density at radius 3 is 2.57 bits per heavy atom. The zero-order valence-electron chi connectivity index (χ0n) is 13.9. The Bertz CT molecular complexity index is 734. The lowest BCUT2D eigenvalue weighted by Gasteiger charge is -2.16. The van der Waals surface area contributed by atoms with E-state index in [1.165, 1.54) is 27.9 Å². The molecule has 0 nitrogen and oxygen atoms in total.